The molecule has 4 N–H and O–H groups in total. The summed E-state index contributed by atoms with van der Waals surface area (Å²) in [6.45, 7) is 0. The summed E-state index contributed by atoms with van der Waals surface area (Å²) in [6, 6.07) is 5.12. The highest BCUT2D eigenvalue weighted by atomic mass is 19.4. The number of nitrogens with two attached hydrogens (primary N) is 2. The largest absolute Gasteiger partial charge is 0.450 e. The third kappa shape index (κ3) is 4.47. The summed E-state index contributed by atoms with van der Waals surface area (Å²) < 4.78 is 148. The van der Waals surface area contributed by atoms with Crippen molar-refractivity contribution in [1.29, 1.82) is 0 Å². The minimum Gasteiger partial charge on any atom is -0.450 e. The van der Waals surface area contributed by atoms with E-state index in [1.54, 1.807) is 0 Å². The number of hydrogen-bond donors (Lipinski definition) is 2. The molecule has 0 aliphatic heterocycles. The van der Waals surface area contributed by atoms with Crippen molar-refractivity contribution in [3.63, 3.8) is 0 Å². The molecule has 0 unspecified atom stereocenters. The second kappa shape index (κ2) is 8.50. The standard InChI is InChI=1S/C20H10F10N2O2/c21-13-7(31)3-1-5-9(13)33-17-12(20(28,29)30)11(19(25,26)27)15(23)18(16(17)24)34-10-6-2-4-8(32)14(10)22/h1-6H,31-32H2. The van der Waals surface area contributed by atoms with Crippen LogP contribution in [-0.4, -0.2) is 0 Å². The number of benzene rings is 3. The molecule has 34 heavy (non-hydrogen) atoms. The number of alkyl halides is 6. The van der Waals surface area contributed by atoms with E-state index < -0.39 is 81.1 Å². The molecule has 0 saturated heterocycles. The Bertz CT molecular complexity index is 1260. The van der Waals surface area contributed by atoms with E-state index in [1.165, 1.54) is 0 Å². The second-order valence-corrected chi connectivity index (χ2v) is 6.55. The Morgan fingerprint density at radius 2 is 0.941 bits per heavy atom. The smallest absolute Gasteiger partial charge is 0.420 e. The fourth-order valence-corrected chi connectivity index (χ4v) is 2.80. The van der Waals surface area contributed by atoms with Gasteiger partial charge in [0, 0.05) is 0 Å². The average Bonchev–Trinajstić information content (AvgIpc) is 2.71. The van der Waals surface area contributed by atoms with Crippen LogP contribution in [0.5, 0.6) is 23.0 Å². The van der Waals surface area contributed by atoms with Crippen LogP contribution in [0.25, 0.3) is 0 Å². The van der Waals surface area contributed by atoms with Gasteiger partial charge >= 0.3 is 12.4 Å². The van der Waals surface area contributed by atoms with Crippen LogP contribution in [0.1, 0.15) is 11.1 Å². The van der Waals surface area contributed by atoms with Gasteiger partial charge in [0.1, 0.15) is 11.1 Å². The molecule has 0 bridgehead atoms. The molecule has 0 aliphatic carbocycles. The maximum Gasteiger partial charge on any atom is 0.420 e. The second-order valence-electron chi connectivity index (χ2n) is 6.55. The van der Waals surface area contributed by atoms with E-state index in [9.17, 15) is 39.5 Å². The molecule has 0 amide bonds. The summed E-state index contributed by atoms with van der Waals surface area (Å²) in [6.07, 6.45) is -12.1. The lowest BCUT2D eigenvalue weighted by Crippen LogP contribution is -2.21. The van der Waals surface area contributed by atoms with Crippen LogP contribution >= 0.6 is 0 Å². The maximum atomic E-state index is 15.1. The first kappa shape index (κ1) is 24.8. The van der Waals surface area contributed by atoms with E-state index in [0.717, 1.165) is 24.3 Å². The predicted octanol–water partition coefficient (Wildman–Crippen LogP) is 7.03. The molecule has 3 rings (SSSR count). The van der Waals surface area contributed by atoms with E-state index in [-0.39, 0.29) is 0 Å². The maximum absolute atomic E-state index is 15.1. The van der Waals surface area contributed by atoms with Gasteiger partial charge < -0.3 is 20.9 Å². The van der Waals surface area contributed by atoms with Gasteiger partial charge in [-0.1, -0.05) is 12.1 Å². The van der Waals surface area contributed by atoms with Crippen molar-refractivity contribution in [3.05, 3.63) is 70.8 Å². The number of ether oxygens (including phenoxy) is 2. The zero-order valence-electron chi connectivity index (χ0n) is 16.2. The third-order valence-corrected chi connectivity index (χ3v) is 4.27. The Kier molecular flexibility index (Phi) is 6.20. The lowest BCUT2D eigenvalue weighted by atomic mass is 10.0. The van der Waals surface area contributed by atoms with Crippen LogP contribution in [0, 0.1) is 23.3 Å². The molecular formula is C20H10F10N2O2. The van der Waals surface area contributed by atoms with Crippen molar-refractivity contribution in [2.45, 2.75) is 12.4 Å². The Balaban J connectivity index is 2.39. The fourth-order valence-electron chi connectivity index (χ4n) is 2.80. The van der Waals surface area contributed by atoms with Crippen molar-refractivity contribution < 1.29 is 53.4 Å². The van der Waals surface area contributed by atoms with E-state index in [2.05, 4.69) is 9.47 Å². The molecular weight excluding hydrogens is 490 g/mol. The molecule has 0 aliphatic rings. The summed E-state index contributed by atoms with van der Waals surface area (Å²) in [5.41, 5.74) is 3.13. The Morgan fingerprint density at radius 3 is 1.35 bits per heavy atom. The molecule has 0 spiro atoms. The molecule has 0 atom stereocenters. The van der Waals surface area contributed by atoms with Crippen molar-refractivity contribution in [1.82, 2.24) is 0 Å². The van der Waals surface area contributed by atoms with Gasteiger partial charge in [0.2, 0.25) is 11.6 Å². The molecule has 0 radical (unpaired) electrons. The first-order valence-electron chi connectivity index (χ1n) is 8.77. The van der Waals surface area contributed by atoms with Crippen molar-refractivity contribution in [2.75, 3.05) is 11.5 Å². The SMILES string of the molecule is Nc1cccc(Oc2c(F)c(Oc3cccc(N)c3F)c(C(F)(F)F)c(C(F)(F)F)c2F)c1F. The van der Waals surface area contributed by atoms with E-state index in [1.807, 2.05) is 0 Å². The van der Waals surface area contributed by atoms with Gasteiger partial charge in [-0.25, -0.2) is 13.2 Å². The first-order valence-corrected chi connectivity index (χ1v) is 8.77. The normalized spacial score (nSPS) is 12.1. The average molecular weight is 500 g/mol. The van der Waals surface area contributed by atoms with Gasteiger partial charge in [-0.3, -0.25) is 0 Å². The van der Waals surface area contributed by atoms with Gasteiger partial charge in [0.25, 0.3) is 0 Å². The zero-order valence-corrected chi connectivity index (χ0v) is 16.2. The van der Waals surface area contributed by atoms with Gasteiger partial charge in [0.15, 0.2) is 34.7 Å². The lowest BCUT2D eigenvalue weighted by Gasteiger charge is -2.23. The number of hydrogen-bond acceptors (Lipinski definition) is 4. The Morgan fingerprint density at radius 1 is 0.529 bits per heavy atom. The van der Waals surface area contributed by atoms with Gasteiger partial charge in [-0.05, 0) is 24.3 Å². The highest BCUT2D eigenvalue weighted by molar-refractivity contribution is 5.56. The van der Waals surface area contributed by atoms with Crippen molar-refractivity contribution >= 4 is 11.4 Å². The molecule has 0 aromatic heterocycles. The quantitative estimate of drug-likeness (QED) is 0.298. The van der Waals surface area contributed by atoms with Crippen LogP contribution < -0.4 is 20.9 Å². The number of nitrogen functional groups attached to an aromatic ring is 2. The van der Waals surface area contributed by atoms with E-state index >= 15 is 4.39 Å². The van der Waals surface area contributed by atoms with Crippen LogP contribution in [0.2, 0.25) is 0 Å². The summed E-state index contributed by atoms with van der Waals surface area (Å²) >= 11 is 0. The summed E-state index contributed by atoms with van der Waals surface area (Å²) in [4.78, 5) is 0. The lowest BCUT2D eigenvalue weighted by molar-refractivity contribution is -0.165. The molecule has 3 aromatic carbocycles. The number of halogens is 10. The number of rotatable bonds is 4. The van der Waals surface area contributed by atoms with Gasteiger partial charge in [-0.15, -0.1) is 0 Å². The monoisotopic (exact) mass is 500 g/mol. The van der Waals surface area contributed by atoms with Crippen LogP contribution in [0.15, 0.2) is 36.4 Å². The van der Waals surface area contributed by atoms with Crippen LogP contribution in [0.3, 0.4) is 0 Å². The molecule has 182 valence electrons. The fraction of sp³-hybridized carbons (Fsp3) is 0.100. The van der Waals surface area contributed by atoms with Gasteiger partial charge in [0.05, 0.1) is 11.4 Å². The van der Waals surface area contributed by atoms with Crippen molar-refractivity contribution in [2.24, 2.45) is 0 Å². The van der Waals surface area contributed by atoms with Gasteiger partial charge in [-0.2, -0.15) is 30.7 Å². The molecule has 0 heterocycles. The van der Waals surface area contributed by atoms with Crippen molar-refractivity contribution in [3.8, 4) is 23.0 Å². The predicted molar refractivity (Wildman–Crippen MR) is 98.1 cm³/mol. The summed E-state index contributed by atoms with van der Waals surface area (Å²) in [5.74, 6) is -15.1. The molecule has 0 fully saturated rings. The number of anilines is 2. The topological polar surface area (TPSA) is 70.5 Å². The highest BCUT2D eigenvalue weighted by Gasteiger charge is 2.51. The first-order chi connectivity index (χ1) is 15.6. The Labute approximate surface area is 183 Å². The van der Waals surface area contributed by atoms with E-state index in [4.69, 9.17) is 11.5 Å². The molecule has 3 aromatic rings. The zero-order chi connectivity index (χ0) is 25.6. The molecule has 4 nitrogen and oxygen atoms in total. The third-order valence-electron chi connectivity index (χ3n) is 4.27. The summed E-state index contributed by atoms with van der Waals surface area (Å²) in [5, 5.41) is 0. The van der Waals surface area contributed by atoms with Crippen LogP contribution in [0.4, 0.5) is 55.3 Å². The minimum atomic E-state index is -6.08. The Hall–Kier alpha value is -3.84. The molecule has 0 saturated carbocycles. The van der Waals surface area contributed by atoms with E-state index in [0.29, 0.717) is 12.1 Å². The molecule has 14 heteroatoms. The summed E-state index contributed by atoms with van der Waals surface area (Å²) in [7, 11) is 0. The minimum absolute atomic E-state index is 0.625. The highest BCUT2D eigenvalue weighted by Crippen LogP contribution is 2.52. The van der Waals surface area contributed by atoms with Crippen LogP contribution in [-0.2, 0) is 12.4 Å².